The Bertz CT molecular complexity index is 1470. The Morgan fingerprint density at radius 1 is 0.622 bits per heavy atom. The first-order valence-corrected chi connectivity index (χ1v) is 16.8. The van der Waals surface area contributed by atoms with Crippen LogP contribution in [-0.4, -0.2) is 26.0 Å². The van der Waals surface area contributed by atoms with Crippen LogP contribution in [0, 0.1) is 0 Å². The second kappa shape index (κ2) is 19.1. The van der Waals surface area contributed by atoms with Crippen LogP contribution in [0.2, 0.25) is 0 Å². The normalized spacial score (nSPS) is 11.2. The highest BCUT2D eigenvalue weighted by Gasteiger charge is 2.14. The van der Waals surface area contributed by atoms with E-state index in [-0.39, 0.29) is 11.7 Å². The summed E-state index contributed by atoms with van der Waals surface area (Å²) in [4.78, 5) is 26.6. The zero-order chi connectivity index (χ0) is 31.5. The van der Waals surface area contributed by atoms with Crippen LogP contribution in [0.1, 0.15) is 96.8 Å². The lowest BCUT2D eigenvalue weighted by Crippen LogP contribution is -2.11. The van der Waals surface area contributed by atoms with Gasteiger partial charge in [-0.05, 0) is 68.5 Å². The Morgan fingerprint density at radius 2 is 1.16 bits per heavy atom. The molecule has 0 spiro atoms. The van der Waals surface area contributed by atoms with Gasteiger partial charge in [0.1, 0.15) is 5.75 Å². The largest absolute Gasteiger partial charge is 0.507 e. The van der Waals surface area contributed by atoms with Gasteiger partial charge in [-0.15, -0.1) is 0 Å². The van der Waals surface area contributed by atoms with Crippen LogP contribution in [0.25, 0.3) is 34.2 Å². The zero-order valence-electron chi connectivity index (χ0n) is 26.8. The second-order valence-corrected chi connectivity index (χ2v) is 11.6. The van der Waals surface area contributed by atoms with Crippen LogP contribution in [0.15, 0.2) is 91.0 Å². The molecule has 0 aliphatic rings. The minimum absolute atomic E-state index is 0.0359. The van der Waals surface area contributed by atoms with Gasteiger partial charge in [0.05, 0.1) is 5.56 Å². The number of anilines is 1. The maximum atomic E-state index is 12.6. The second-order valence-electron chi connectivity index (χ2n) is 11.6. The summed E-state index contributed by atoms with van der Waals surface area (Å²) in [6.45, 7) is 2.26. The standard InChI is InChI=1S/C39H48N4O2/c1-2-3-4-5-6-7-8-9-10-11-12-13-14-15-19-26-36(45)40-33-29-27-32(28-30-33)38-41-37(31-22-17-16-18-23-31)42-39(43-38)34-24-20-21-25-35(34)44/h9-10,16-18,20-25,27-30,44H,2-8,11-15,19,26H2,1H3,(H,40,45)/b10-9-. The fraction of sp³-hybridized carbons (Fsp3) is 0.385. The molecule has 0 fully saturated rings. The molecule has 4 aromatic rings. The number of phenols is 1. The third-order valence-corrected chi connectivity index (χ3v) is 7.90. The minimum atomic E-state index is 0.0359. The van der Waals surface area contributed by atoms with Gasteiger partial charge in [0, 0.05) is 23.2 Å². The highest BCUT2D eigenvalue weighted by molar-refractivity contribution is 5.90. The zero-order valence-corrected chi connectivity index (χ0v) is 26.8. The molecule has 4 rings (SSSR count). The average Bonchev–Trinajstić information content (AvgIpc) is 3.07. The lowest BCUT2D eigenvalue weighted by Gasteiger charge is -2.10. The van der Waals surface area contributed by atoms with Crippen molar-refractivity contribution in [2.45, 2.75) is 96.8 Å². The molecular formula is C39H48N4O2. The molecule has 45 heavy (non-hydrogen) atoms. The predicted molar refractivity (Wildman–Crippen MR) is 186 cm³/mol. The molecular weight excluding hydrogens is 556 g/mol. The van der Waals surface area contributed by atoms with E-state index in [1.54, 1.807) is 18.2 Å². The molecule has 0 aliphatic heterocycles. The van der Waals surface area contributed by atoms with E-state index in [1.165, 1.54) is 70.6 Å². The minimum Gasteiger partial charge on any atom is -0.507 e. The SMILES string of the molecule is CCCCCCCC/C=C\CCCCCCCC(=O)Nc1ccc(-c2nc(-c3ccccc3)nc(-c3ccccc3O)n2)cc1. The molecule has 1 amide bonds. The molecule has 1 heterocycles. The summed E-state index contributed by atoms with van der Waals surface area (Å²) >= 11 is 0. The summed E-state index contributed by atoms with van der Waals surface area (Å²) in [5.74, 6) is 1.56. The summed E-state index contributed by atoms with van der Waals surface area (Å²) in [5.41, 5.74) is 2.94. The maximum absolute atomic E-state index is 12.6. The van der Waals surface area contributed by atoms with Crippen molar-refractivity contribution in [1.29, 1.82) is 0 Å². The molecule has 3 aromatic carbocycles. The first-order valence-electron chi connectivity index (χ1n) is 16.8. The van der Waals surface area contributed by atoms with Crippen molar-refractivity contribution in [1.82, 2.24) is 15.0 Å². The van der Waals surface area contributed by atoms with Crippen molar-refractivity contribution < 1.29 is 9.90 Å². The highest BCUT2D eigenvalue weighted by Crippen LogP contribution is 2.30. The summed E-state index contributed by atoms with van der Waals surface area (Å²) in [6, 6.07) is 24.3. The number of carbonyl (C=O) groups excluding carboxylic acids is 1. The van der Waals surface area contributed by atoms with Gasteiger partial charge < -0.3 is 10.4 Å². The smallest absolute Gasteiger partial charge is 0.224 e. The molecule has 0 unspecified atom stereocenters. The molecule has 1 aromatic heterocycles. The van der Waals surface area contributed by atoms with Gasteiger partial charge in [0.15, 0.2) is 17.5 Å². The molecule has 0 aliphatic carbocycles. The van der Waals surface area contributed by atoms with Crippen molar-refractivity contribution in [3.63, 3.8) is 0 Å². The van der Waals surface area contributed by atoms with Gasteiger partial charge in [0.2, 0.25) is 5.91 Å². The van der Waals surface area contributed by atoms with Crippen molar-refractivity contribution in [3.05, 3.63) is 91.0 Å². The van der Waals surface area contributed by atoms with Crippen LogP contribution in [0.5, 0.6) is 5.75 Å². The molecule has 6 nitrogen and oxygen atoms in total. The number of hydrogen-bond acceptors (Lipinski definition) is 5. The van der Waals surface area contributed by atoms with Gasteiger partial charge in [-0.3, -0.25) is 4.79 Å². The highest BCUT2D eigenvalue weighted by atomic mass is 16.3. The number of hydrogen-bond donors (Lipinski definition) is 2. The number of unbranched alkanes of at least 4 members (excludes halogenated alkanes) is 11. The van der Waals surface area contributed by atoms with E-state index < -0.39 is 0 Å². The number of nitrogens with zero attached hydrogens (tertiary/aromatic N) is 3. The lowest BCUT2D eigenvalue weighted by atomic mass is 10.1. The third kappa shape index (κ3) is 11.6. The van der Waals surface area contributed by atoms with E-state index in [9.17, 15) is 9.90 Å². The number of nitrogens with one attached hydrogen (secondary N) is 1. The van der Waals surface area contributed by atoms with Gasteiger partial charge in [-0.25, -0.2) is 15.0 Å². The van der Waals surface area contributed by atoms with Crippen molar-refractivity contribution in [3.8, 4) is 39.9 Å². The fourth-order valence-corrected chi connectivity index (χ4v) is 5.29. The number of aromatic nitrogens is 3. The van der Waals surface area contributed by atoms with Crippen molar-refractivity contribution in [2.75, 3.05) is 5.32 Å². The van der Waals surface area contributed by atoms with E-state index in [1.807, 2.05) is 60.7 Å². The quantitative estimate of drug-likeness (QED) is 0.0821. The number of allylic oxidation sites excluding steroid dienone is 2. The van der Waals surface area contributed by atoms with E-state index >= 15 is 0 Å². The maximum Gasteiger partial charge on any atom is 0.224 e. The van der Waals surface area contributed by atoms with E-state index in [4.69, 9.17) is 4.98 Å². The summed E-state index contributed by atoms with van der Waals surface area (Å²) in [6.07, 6.45) is 21.4. The molecule has 0 bridgehead atoms. The number of phenolic OH excluding ortho intramolecular Hbond substituents is 1. The average molecular weight is 605 g/mol. The number of para-hydroxylation sites is 1. The van der Waals surface area contributed by atoms with Crippen LogP contribution in [0.3, 0.4) is 0 Å². The number of rotatable bonds is 19. The number of amides is 1. The topological polar surface area (TPSA) is 88.0 Å². The van der Waals surface area contributed by atoms with Crippen LogP contribution in [-0.2, 0) is 4.79 Å². The van der Waals surface area contributed by atoms with Gasteiger partial charge in [-0.1, -0.05) is 113 Å². The van der Waals surface area contributed by atoms with E-state index in [0.29, 0.717) is 29.5 Å². The van der Waals surface area contributed by atoms with E-state index in [0.717, 1.165) is 29.7 Å². The van der Waals surface area contributed by atoms with Crippen molar-refractivity contribution >= 4 is 11.6 Å². The van der Waals surface area contributed by atoms with Gasteiger partial charge >= 0.3 is 0 Å². The third-order valence-electron chi connectivity index (χ3n) is 7.90. The first kappa shape index (κ1) is 33.6. The molecule has 0 saturated carbocycles. The lowest BCUT2D eigenvalue weighted by molar-refractivity contribution is -0.116. The van der Waals surface area contributed by atoms with Crippen molar-refractivity contribution in [2.24, 2.45) is 0 Å². The molecule has 0 saturated heterocycles. The van der Waals surface area contributed by atoms with Gasteiger partial charge in [0.25, 0.3) is 0 Å². The molecule has 2 N–H and O–H groups in total. The van der Waals surface area contributed by atoms with Crippen LogP contribution < -0.4 is 5.32 Å². The fourth-order valence-electron chi connectivity index (χ4n) is 5.29. The molecule has 0 atom stereocenters. The Labute approximate surface area is 269 Å². The summed E-state index contributed by atoms with van der Waals surface area (Å²) in [5, 5.41) is 13.5. The number of carbonyl (C=O) groups is 1. The van der Waals surface area contributed by atoms with Gasteiger partial charge in [-0.2, -0.15) is 0 Å². The summed E-state index contributed by atoms with van der Waals surface area (Å²) < 4.78 is 0. The molecule has 0 radical (unpaired) electrons. The summed E-state index contributed by atoms with van der Waals surface area (Å²) in [7, 11) is 0. The Balaban J connectivity index is 1.21. The first-order chi connectivity index (χ1) is 22.1. The molecule has 6 heteroatoms. The Kier molecular flexibility index (Phi) is 14.3. The number of benzene rings is 3. The predicted octanol–water partition coefficient (Wildman–Crippen LogP) is 10.6. The monoisotopic (exact) mass is 604 g/mol. The Morgan fingerprint density at radius 3 is 1.80 bits per heavy atom. The molecule has 236 valence electrons. The van der Waals surface area contributed by atoms with E-state index in [2.05, 4.69) is 34.4 Å². The van der Waals surface area contributed by atoms with Crippen LogP contribution >= 0.6 is 0 Å². The number of aromatic hydroxyl groups is 1. The Hall–Kier alpha value is -4.32. The van der Waals surface area contributed by atoms with Crippen LogP contribution in [0.4, 0.5) is 5.69 Å².